The van der Waals surface area contributed by atoms with E-state index in [1.165, 1.54) is 42.9 Å². The minimum atomic E-state index is -0.291. The van der Waals surface area contributed by atoms with Gasteiger partial charge in [-0.25, -0.2) is 4.39 Å². The maximum atomic E-state index is 15.2. The third-order valence-corrected chi connectivity index (χ3v) is 6.74. The van der Waals surface area contributed by atoms with Crippen LogP contribution in [0.25, 0.3) is 33.0 Å². The summed E-state index contributed by atoms with van der Waals surface area (Å²) < 4.78 is 15.2. The highest BCUT2D eigenvalue weighted by Gasteiger charge is 2.13. The standard InChI is InChI=1S/C33H33FO/c1-3-5-7-8-10-25-13-18-29-27(21-25)16-19-30(32(29)23-35)28-17-20-31(33(34)22-28)26-14-11-24(12-15-26)9-6-4-2/h4,11-23H,2-3,5-10H2,1H3. The molecule has 0 aliphatic rings. The molecule has 4 rings (SSSR count). The van der Waals surface area contributed by atoms with E-state index in [0.29, 0.717) is 16.7 Å². The molecule has 0 atom stereocenters. The van der Waals surface area contributed by atoms with E-state index in [1.807, 2.05) is 60.7 Å². The van der Waals surface area contributed by atoms with Gasteiger partial charge in [-0.1, -0.05) is 99.0 Å². The first-order chi connectivity index (χ1) is 17.1. The van der Waals surface area contributed by atoms with Crippen LogP contribution in [0.1, 0.15) is 60.5 Å². The van der Waals surface area contributed by atoms with Crippen molar-refractivity contribution in [3.05, 3.63) is 108 Å². The lowest BCUT2D eigenvalue weighted by atomic mass is 9.92. The molecule has 0 radical (unpaired) electrons. The molecule has 2 heteroatoms. The van der Waals surface area contributed by atoms with E-state index in [1.54, 1.807) is 0 Å². The monoisotopic (exact) mass is 464 g/mol. The summed E-state index contributed by atoms with van der Waals surface area (Å²) in [6, 6.07) is 23.6. The molecule has 35 heavy (non-hydrogen) atoms. The molecule has 4 aromatic rings. The first kappa shape index (κ1) is 24.6. The number of fused-ring (bicyclic) bond motifs is 1. The Labute approximate surface area is 208 Å². The van der Waals surface area contributed by atoms with Crippen LogP contribution in [0.3, 0.4) is 0 Å². The minimum Gasteiger partial charge on any atom is -0.298 e. The molecule has 0 unspecified atom stereocenters. The average Bonchev–Trinajstić information content (AvgIpc) is 2.89. The van der Waals surface area contributed by atoms with Gasteiger partial charge >= 0.3 is 0 Å². The van der Waals surface area contributed by atoms with Gasteiger partial charge in [0.15, 0.2) is 6.29 Å². The van der Waals surface area contributed by atoms with Crippen molar-refractivity contribution in [3.63, 3.8) is 0 Å². The quantitative estimate of drug-likeness (QED) is 0.123. The van der Waals surface area contributed by atoms with Crippen molar-refractivity contribution in [1.29, 1.82) is 0 Å². The van der Waals surface area contributed by atoms with Crippen LogP contribution >= 0.6 is 0 Å². The van der Waals surface area contributed by atoms with Gasteiger partial charge in [0.25, 0.3) is 0 Å². The number of hydrogen-bond acceptors (Lipinski definition) is 1. The number of hydrogen-bond donors (Lipinski definition) is 0. The average molecular weight is 465 g/mol. The number of carbonyl (C=O) groups excluding carboxylic acids is 1. The number of allylic oxidation sites excluding steroid dienone is 1. The normalized spacial score (nSPS) is 11.0. The van der Waals surface area contributed by atoms with Crippen LogP contribution in [-0.4, -0.2) is 6.29 Å². The highest BCUT2D eigenvalue weighted by Crippen LogP contribution is 2.33. The molecule has 0 aliphatic carbocycles. The van der Waals surface area contributed by atoms with Crippen molar-refractivity contribution in [3.8, 4) is 22.3 Å². The Morgan fingerprint density at radius 3 is 2.23 bits per heavy atom. The first-order valence-electron chi connectivity index (χ1n) is 12.7. The molecular weight excluding hydrogens is 431 g/mol. The van der Waals surface area contributed by atoms with Crippen molar-refractivity contribution < 1.29 is 9.18 Å². The molecule has 0 N–H and O–H groups in total. The van der Waals surface area contributed by atoms with Crippen molar-refractivity contribution in [2.45, 2.75) is 51.9 Å². The maximum absolute atomic E-state index is 15.2. The molecule has 1 nitrogen and oxygen atoms in total. The number of halogens is 1. The van der Waals surface area contributed by atoms with Gasteiger partial charge in [0.1, 0.15) is 5.82 Å². The van der Waals surface area contributed by atoms with Gasteiger partial charge in [-0.3, -0.25) is 4.79 Å². The molecule has 0 amide bonds. The maximum Gasteiger partial charge on any atom is 0.151 e. The zero-order valence-corrected chi connectivity index (χ0v) is 20.5. The minimum absolute atomic E-state index is 0.291. The molecule has 0 heterocycles. The highest BCUT2D eigenvalue weighted by molar-refractivity contribution is 6.04. The van der Waals surface area contributed by atoms with Gasteiger partial charge in [0.2, 0.25) is 0 Å². The fourth-order valence-corrected chi connectivity index (χ4v) is 4.73. The number of rotatable bonds is 11. The van der Waals surface area contributed by atoms with Crippen LogP contribution in [-0.2, 0) is 12.8 Å². The first-order valence-corrected chi connectivity index (χ1v) is 12.7. The van der Waals surface area contributed by atoms with Crippen LogP contribution in [0.4, 0.5) is 4.39 Å². The molecule has 0 saturated carbocycles. The molecule has 0 aromatic heterocycles. The number of aldehydes is 1. The van der Waals surface area contributed by atoms with E-state index >= 15 is 4.39 Å². The van der Waals surface area contributed by atoms with Gasteiger partial charge in [0.05, 0.1) is 0 Å². The lowest BCUT2D eigenvalue weighted by Crippen LogP contribution is -1.94. The molecule has 0 fully saturated rings. The van der Waals surface area contributed by atoms with Gasteiger partial charge in [-0.2, -0.15) is 0 Å². The summed E-state index contributed by atoms with van der Waals surface area (Å²) in [6.07, 6.45) is 10.6. The van der Waals surface area contributed by atoms with Crippen molar-refractivity contribution >= 4 is 17.1 Å². The zero-order chi connectivity index (χ0) is 24.6. The second-order valence-electron chi connectivity index (χ2n) is 9.23. The Morgan fingerprint density at radius 1 is 0.771 bits per heavy atom. The van der Waals surface area contributed by atoms with Gasteiger partial charge in [-0.15, -0.1) is 6.58 Å². The summed E-state index contributed by atoms with van der Waals surface area (Å²) in [5, 5.41) is 1.96. The van der Waals surface area contributed by atoms with Crippen LogP contribution in [0.2, 0.25) is 0 Å². The molecule has 4 aromatic carbocycles. The number of benzene rings is 4. The summed E-state index contributed by atoms with van der Waals surface area (Å²) >= 11 is 0. The van der Waals surface area contributed by atoms with E-state index in [2.05, 4.69) is 25.6 Å². The van der Waals surface area contributed by atoms with Crippen molar-refractivity contribution in [2.24, 2.45) is 0 Å². The predicted molar refractivity (Wildman–Crippen MR) is 147 cm³/mol. The topological polar surface area (TPSA) is 17.1 Å². The third kappa shape index (κ3) is 5.77. The smallest absolute Gasteiger partial charge is 0.151 e. The summed E-state index contributed by atoms with van der Waals surface area (Å²) in [4.78, 5) is 12.1. The Hall–Kier alpha value is -3.52. The summed E-state index contributed by atoms with van der Waals surface area (Å²) in [5.41, 5.74) is 5.99. The number of unbranched alkanes of at least 4 members (excludes halogenated alkanes) is 3. The number of aryl methyl sites for hydroxylation is 2. The van der Waals surface area contributed by atoms with Gasteiger partial charge in [-0.05, 0) is 70.3 Å². The largest absolute Gasteiger partial charge is 0.298 e. The summed E-state index contributed by atoms with van der Waals surface area (Å²) in [6.45, 7) is 5.98. The SMILES string of the molecule is C=CCCc1ccc(-c2ccc(-c3ccc4cc(CCCCCC)ccc4c3C=O)cc2F)cc1. The van der Waals surface area contributed by atoms with Gasteiger partial charge in [0, 0.05) is 11.1 Å². The zero-order valence-electron chi connectivity index (χ0n) is 20.5. The Kier molecular flexibility index (Phi) is 8.26. The molecule has 0 bridgehead atoms. The van der Waals surface area contributed by atoms with E-state index in [-0.39, 0.29) is 5.82 Å². The lowest BCUT2D eigenvalue weighted by Gasteiger charge is -2.12. The molecular formula is C33H33FO. The van der Waals surface area contributed by atoms with E-state index < -0.39 is 0 Å². The van der Waals surface area contributed by atoms with Crippen molar-refractivity contribution in [1.82, 2.24) is 0 Å². The Morgan fingerprint density at radius 2 is 1.51 bits per heavy atom. The molecule has 178 valence electrons. The Bertz CT molecular complexity index is 1320. The van der Waals surface area contributed by atoms with Crippen LogP contribution in [0, 0.1) is 5.82 Å². The van der Waals surface area contributed by atoms with Gasteiger partial charge < -0.3 is 0 Å². The lowest BCUT2D eigenvalue weighted by molar-refractivity contribution is 0.112. The molecule has 0 spiro atoms. The fourth-order valence-electron chi connectivity index (χ4n) is 4.73. The molecule has 0 aliphatic heterocycles. The van der Waals surface area contributed by atoms with Crippen LogP contribution in [0.15, 0.2) is 85.5 Å². The van der Waals surface area contributed by atoms with Crippen molar-refractivity contribution in [2.75, 3.05) is 0 Å². The summed E-state index contributed by atoms with van der Waals surface area (Å²) in [7, 11) is 0. The van der Waals surface area contributed by atoms with Crippen LogP contribution in [0.5, 0.6) is 0 Å². The fraction of sp³-hybridized carbons (Fsp3) is 0.242. The number of carbonyl (C=O) groups is 1. The summed E-state index contributed by atoms with van der Waals surface area (Å²) in [5.74, 6) is -0.291. The molecule has 0 saturated heterocycles. The van der Waals surface area contributed by atoms with E-state index in [9.17, 15) is 4.79 Å². The highest BCUT2D eigenvalue weighted by atomic mass is 19.1. The van der Waals surface area contributed by atoms with Crippen LogP contribution < -0.4 is 0 Å². The van der Waals surface area contributed by atoms with E-state index in [4.69, 9.17) is 0 Å². The second kappa shape index (κ2) is 11.8. The predicted octanol–water partition coefficient (Wildman–Crippen LogP) is 9.37. The van der Waals surface area contributed by atoms with E-state index in [0.717, 1.165) is 47.4 Å². The third-order valence-electron chi connectivity index (χ3n) is 6.74. The second-order valence-corrected chi connectivity index (χ2v) is 9.23. The Balaban J connectivity index is 1.61.